The van der Waals surface area contributed by atoms with Crippen LogP contribution < -0.4 is 11.1 Å². The number of hydrogen-bond donors (Lipinski definition) is 3. The molecule has 0 bridgehead atoms. The molecular weight excluding hydrogens is 416 g/mol. The van der Waals surface area contributed by atoms with E-state index in [2.05, 4.69) is 38.8 Å². The lowest BCUT2D eigenvalue weighted by Gasteiger charge is -2.32. The molecule has 3 aromatic rings. The number of nitrogens with two attached hydrogens (primary N) is 1. The van der Waals surface area contributed by atoms with Crippen molar-refractivity contribution in [3.63, 3.8) is 0 Å². The van der Waals surface area contributed by atoms with Gasteiger partial charge in [-0.1, -0.05) is 12.1 Å². The number of carbonyl (C=O) groups is 1. The third kappa shape index (κ3) is 5.63. The quantitative estimate of drug-likeness (QED) is 0.432. The molecule has 3 heterocycles. The number of nitrogens with zero attached hydrogens (tertiary/aromatic N) is 4. The SMILES string of the molecule is Cc1ccc(O)c(Cn2c(NC3CCN(CCCCC(N)=O)CC3)nc3c(C)cccc32)n1. The molecule has 1 amide bonds. The van der Waals surface area contributed by atoms with Gasteiger partial charge in [0.15, 0.2) is 0 Å². The Bertz CT molecular complexity index is 1120. The fourth-order valence-electron chi connectivity index (χ4n) is 4.54. The Labute approximate surface area is 194 Å². The number of rotatable bonds is 9. The Morgan fingerprint density at radius 1 is 1.15 bits per heavy atom. The summed E-state index contributed by atoms with van der Waals surface area (Å²) in [6.45, 7) is 7.51. The predicted molar refractivity (Wildman–Crippen MR) is 130 cm³/mol. The maximum absolute atomic E-state index is 10.9. The summed E-state index contributed by atoms with van der Waals surface area (Å²) in [6, 6.07) is 10.0. The summed E-state index contributed by atoms with van der Waals surface area (Å²) in [5.41, 5.74) is 9.88. The van der Waals surface area contributed by atoms with Gasteiger partial charge in [-0.3, -0.25) is 9.78 Å². The summed E-state index contributed by atoms with van der Waals surface area (Å²) in [5, 5.41) is 14.1. The molecule has 8 nitrogen and oxygen atoms in total. The zero-order valence-corrected chi connectivity index (χ0v) is 19.5. The predicted octanol–water partition coefficient (Wildman–Crippen LogP) is 3.33. The van der Waals surface area contributed by atoms with Crippen LogP contribution in [-0.2, 0) is 11.3 Å². The smallest absolute Gasteiger partial charge is 0.217 e. The minimum Gasteiger partial charge on any atom is -0.506 e. The van der Waals surface area contributed by atoms with E-state index in [9.17, 15) is 9.90 Å². The molecule has 4 rings (SSSR count). The van der Waals surface area contributed by atoms with Crippen LogP contribution >= 0.6 is 0 Å². The Balaban J connectivity index is 1.47. The number of aromatic nitrogens is 3. The van der Waals surface area contributed by atoms with E-state index in [-0.39, 0.29) is 11.7 Å². The highest BCUT2D eigenvalue weighted by molar-refractivity contribution is 5.82. The van der Waals surface area contributed by atoms with Gasteiger partial charge in [0.2, 0.25) is 11.9 Å². The highest BCUT2D eigenvalue weighted by Crippen LogP contribution is 2.27. The third-order valence-corrected chi connectivity index (χ3v) is 6.45. The van der Waals surface area contributed by atoms with Gasteiger partial charge in [0.05, 0.1) is 17.6 Å². The normalized spacial score (nSPS) is 15.2. The minimum atomic E-state index is -0.217. The molecule has 0 unspecified atom stereocenters. The van der Waals surface area contributed by atoms with Gasteiger partial charge in [0.25, 0.3) is 0 Å². The second-order valence-electron chi connectivity index (χ2n) is 9.07. The molecule has 176 valence electrons. The summed E-state index contributed by atoms with van der Waals surface area (Å²) in [5.74, 6) is 0.804. The number of piperidine rings is 1. The number of amides is 1. The van der Waals surface area contributed by atoms with Crippen molar-refractivity contribution < 1.29 is 9.90 Å². The first-order valence-electron chi connectivity index (χ1n) is 11.8. The van der Waals surface area contributed by atoms with E-state index in [1.165, 1.54) is 0 Å². The molecule has 33 heavy (non-hydrogen) atoms. The number of carbonyl (C=O) groups excluding carboxylic acids is 1. The number of aryl methyl sites for hydroxylation is 2. The number of pyridine rings is 1. The van der Waals surface area contributed by atoms with Crippen LogP contribution in [0.1, 0.15) is 49.1 Å². The number of likely N-dealkylation sites (tertiary alicyclic amines) is 1. The van der Waals surface area contributed by atoms with Gasteiger partial charge in [-0.05, 0) is 69.8 Å². The molecule has 1 aliphatic rings. The first-order valence-corrected chi connectivity index (χ1v) is 11.8. The number of unbranched alkanes of at least 4 members (excludes halogenated alkanes) is 1. The molecule has 1 saturated heterocycles. The van der Waals surface area contributed by atoms with Gasteiger partial charge in [-0.15, -0.1) is 0 Å². The average Bonchev–Trinajstić information content (AvgIpc) is 3.13. The summed E-state index contributed by atoms with van der Waals surface area (Å²) >= 11 is 0. The van der Waals surface area contributed by atoms with E-state index < -0.39 is 0 Å². The Morgan fingerprint density at radius 3 is 2.70 bits per heavy atom. The van der Waals surface area contributed by atoms with Crippen LogP contribution in [0, 0.1) is 13.8 Å². The zero-order chi connectivity index (χ0) is 23.4. The molecule has 1 aliphatic heterocycles. The van der Waals surface area contributed by atoms with Crippen molar-refractivity contribution in [3.05, 3.63) is 47.3 Å². The summed E-state index contributed by atoms with van der Waals surface area (Å²) in [7, 11) is 0. The molecule has 0 saturated carbocycles. The maximum atomic E-state index is 10.9. The first kappa shape index (κ1) is 23.0. The van der Waals surface area contributed by atoms with E-state index >= 15 is 0 Å². The molecule has 1 fully saturated rings. The molecule has 0 spiro atoms. The average molecular weight is 451 g/mol. The summed E-state index contributed by atoms with van der Waals surface area (Å²) in [4.78, 5) is 22.9. The first-order chi connectivity index (χ1) is 15.9. The van der Waals surface area contributed by atoms with E-state index in [1.54, 1.807) is 6.07 Å². The van der Waals surface area contributed by atoms with Crippen LogP contribution in [0.15, 0.2) is 30.3 Å². The monoisotopic (exact) mass is 450 g/mol. The number of nitrogens with one attached hydrogen (secondary N) is 1. The van der Waals surface area contributed by atoms with Crippen molar-refractivity contribution in [2.24, 2.45) is 5.73 Å². The number of aromatic hydroxyl groups is 1. The lowest BCUT2D eigenvalue weighted by atomic mass is 10.0. The highest BCUT2D eigenvalue weighted by Gasteiger charge is 2.22. The van der Waals surface area contributed by atoms with E-state index in [4.69, 9.17) is 10.7 Å². The van der Waals surface area contributed by atoms with Gasteiger partial charge >= 0.3 is 0 Å². The lowest BCUT2D eigenvalue weighted by Crippen LogP contribution is -2.40. The Morgan fingerprint density at radius 2 is 1.94 bits per heavy atom. The third-order valence-electron chi connectivity index (χ3n) is 6.45. The topological polar surface area (TPSA) is 109 Å². The number of benzene rings is 1. The molecule has 2 aromatic heterocycles. The van der Waals surface area contributed by atoms with Gasteiger partial charge < -0.3 is 25.6 Å². The lowest BCUT2D eigenvalue weighted by molar-refractivity contribution is -0.118. The number of imidazole rings is 1. The molecular formula is C25H34N6O2. The molecule has 0 aliphatic carbocycles. The van der Waals surface area contributed by atoms with Crippen molar-refractivity contribution in [2.75, 3.05) is 25.0 Å². The number of fused-ring (bicyclic) bond motifs is 1. The largest absolute Gasteiger partial charge is 0.506 e. The fourth-order valence-corrected chi connectivity index (χ4v) is 4.54. The molecule has 1 aromatic carbocycles. The molecule has 0 radical (unpaired) electrons. The second-order valence-corrected chi connectivity index (χ2v) is 9.07. The standard InChI is InChI=1S/C25H34N6O2/c1-17-6-5-7-21-24(17)29-25(31(21)16-20-22(32)10-9-18(2)27-20)28-19-11-14-30(15-12-19)13-4-3-8-23(26)33/h5-7,9-10,19,32H,3-4,8,11-16H2,1-2H3,(H2,26,33)(H,28,29). The van der Waals surface area contributed by atoms with Crippen molar-refractivity contribution in [2.45, 2.75) is 58.5 Å². The van der Waals surface area contributed by atoms with E-state index in [1.807, 2.05) is 19.1 Å². The molecule has 8 heteroatoms. The van der Waals surface area contributed by atoms with Crippen LogP contribution in [0.25, 0.3) is 11.0 Å². The van der Waals surface area contributed by atoms with Crippen LogP contribution in [-0.4, -0.2) is 56.1 Å². The van der Waals surface area contributed by atoms with Crippen LogP contribution in [0.5, 0.6) is 5.75 Å². The van der Waals surface area contributed by atoms with E-state index in [0.717, 1.165) is 73.6 Å². The minimum absolute atomic E-state index is 0.200. The van der Waals surface area contributed by atoms with Gasteiger partial charge in [0, 0.05) is 31.2 Å². The fraction of sp³-hybridized carbons (Fsp3) is 0.480. The Kier molecular flexibility index (Phi) is 7.13. The summed E-state index contributed by atoms with van der Waals surface area (Å²) in [6.07, 6.45) is 4.40. The molecule has 0 atom stereocenters. The zero-order valence-electron chi connectivity index (χ0n) is 19.5. The second kappa shape index (κ2) is 10.2. The van der Waals surface area contributed by atoms with Crippen molar-refractivity contribution in [1.29, 1.82) is 0 Å². The maximum Gasteiger partial charge on any atom is 0.217 e. The number of anilines is 1. The van der Waals surface area contributed by atoms with Crippen LogP contribution in [0.2, 0.25) is 0 Å². The number of primary amides is 1. The summed E-state index contributed by atoms with van der Waals surface area (Å²) < 4.78 is 2.13. The van der Waals surface area contributed by atoms with Crippen LogP contribution in [0.4, 0.5) is 5.95 Å². The molecule has 4 N–H and O–H groups in total. The number of para-hydroxylation sites is 1. The van der Waals surface area contributed by atoms with Crippen molar-refractivity contribution in [1.82, 2.24) is 19.4 Å². The van der Waals surface area contributed by atoms with Gasteiger partial charge in [-0.25, -0.2) is 4.98 Å². The van der Waals surface area contributed by atoms with Gasteiger partial charge in [-0.2, -0.15) is 0 Å². The highest BCUT2D eigenvalue weighted by atomic mass is 16.3. The van der Waals surface area contributed by atoms with Gasteiger partial charge in [0.1, 0.15) is 11.4 Å². The van der Waals surface area contributed by atoms with Crippen molar-refractivity contribution in [3.8, 4) is 5.75 Å². The van der Waals surface area contributed by atoms with Crippen molar-refractivity contribution >= 4 is 22.9 Å². The Hall–Kier alpha value is -3.13. The van der Waals surface area contributed by atoms with E-state index in [0.29, 0.717) is 24.7 Å². The van der Waals surface area contributed by atoms with Crippen LogP contribution in [0.3, 0.4) is 0 Å². The number of hydrogen-bond acceptors (Lipinski definition) is 6.